The molecular formula is C21H24N4O3S. The van der Waals surface area contributed by atoms with Gasteiger partial charge in [-0.3, -0.25) is 0 Å². The molecule has 3 aromatic rings. The van der Waals surface area contributed by atoms with E-state index in [9.17, 15) is 8.42 Å². The van der Waals surface area contributed by atoms with Gasteiger partial charge in [-0.25, -0.2) is 18.4 Å². The van der Waals surface area contributed by atoms with Crippen molar-refractivity contribution in [2.75, 3.05) is 49.3 Å². The fourth-order valence-corrected chi connectivity index (χ4v) is 4.33. The molecule has 0 saturated carbocycles. The summed E-state index contributed by atoms with van der Waals surface area (Å²) in [6.45, 7) is 3.44. The van der Waals surface area contributed by atoms with Crippen LogP contribution < -0.4 is 14.5 Å². The van der Waals surface area contributed by atoms with Gasteiger partial charge in [0.1, 0.15) is 17.9 Å². The average Bonchev–Trinajstić information content (AvgIpc) is 2.98. The van der Waals surface area contributed by atoms with Gasteiger partial charge in [0.05, 0.1) is 17.5 Å². The third-order valence-electron chi connectivity index (χ3n) is 5.25. The molecule has 1 aliphatic rings. The third-order valence-corrected chi connectivity index (χ3v) is 6.36. The molecule has 1 aliphatic heterocycles. The van der Waals surface area contributed by atoms with Gasteiger partial charge < -0.3 is 14.5 Å². The number of hydrogen-bond acceptors (Lipinski definition) is 7. The average molecular weight is 413 g/mol. The Kier molecular flexibility index (Phi) is 5.27. The minimum absolute atomic E-state index is 0.288. The van der Waals surface area contributed by atoms with E-state index in [0.29, 0.717) is 0 Å². The Morgan fingerprint density at radius 2 is 1.66 bits per heavy atom. The first-order valence-corrected chi connectivity index (χ1v) is 11.4. The summed E-state index contributed by atoms with van der Waals surface area (Å²) in [4.78, 5) is 13.7. The summed E-state index contributed by atoms with van der Waals surface area (Å²) in [5, 5.41) is 0.772. The second-order valence-corrected chi connectivity index (χ2v) is 9.19. The number of fused-ring (bicyclic) bond motifs is 1. The molecule has 0 radical (unpaired) electrons. The van der Waals surface area contributed by atoms with Crippen molar-refractivity contribution in [1.82, 2.24) is 9.97 Å². The molecule has 1 fully saturated rings. The lowest BCUT2D eigenvalue weighted by Crippen LogP contribution is -2.31. The van der Waals surface area contributed by atoms with E-state index in [1.54, 1.807) is 31.6 Å². The van der Waals surface area contributed by atoms with Gasteiger partial charge in [0.15, 0.2) is 9.84 Å². The molecule has 0 bridgehead atoms. The van der Waals surface area contributed by atoms with Crippen LogP contribution in [0, 0.1) is 0 Å². The summed E-state index contributed by atoms with van der Waals surface area (Å²) in [5.41, 5.74) is 1.92. The standard InChI is InChI=1S/C21H24N4O3S/c1-28-17-6-4-16(5-7-17)24-10-3-11-25(13-12-24)21-19-14-18(29(2,26)27)8-9-20(19)22-15-23-21/h4-9,14-15H,3,10-13H2,1-2H3. The first kappa shape index (κ1) is 19.4. The second-order valence-electron chi connectivity index (χ2n) is 7.17. The monoisotopic (exact) mass is 412 g/mol. The van der Waals surface area contributed by atoms with E-state index >= 15 is 0 Å². The van der Waals surface area contributed by atoms with Gasteiger partial charge in [0.25, 0.3) is 0 Å². The summed E-state index contributed by atoms with van der Waals surface area (Å²) in [6.07, 6.45) is 3.74. The molecule has 8 heteroatoms. The fourth-order valence-electron chi connectivity index (χ4n) is 3.69. The number of hydrogen-bond donors (Lipinski definition) is 0. The molecule has 0 amide bonds. The van der Waals surface area contributed by atoms with Gasteiger partial charge in [-0.1, -0.05) is 0 Å². The van der Waals surface area contributed by atoms with E-state index in [2.05, 4.69) is 31.9 Å². The predicted octanol–water partition coefficient (Wildman–Crippen LogP) is 2.76. The maximum absolute atomic E-state index is 12.0. The lowest BCUT2D eigenvalue weighted by Gasteiger charge is -2.25. The molecule has 1 saturated heterocycles. The lowest BCUT2D eigenvalue weighted by atomic mass is 10.2. The number of anilines is 2. The molecule has 7 nitrogen and oxygen atoms in total. The third kappa shape index (κ3) is 4.12. The van der Waals surface area contributed by atoms with E-state index in [1.807, 2.05) is 12.1 Å². The maximum Gasteiger partial charge on any atom is 0.175 e. The number of nitrogens with zero attached hydrogens (tertiary/aromatic N) is 4. The SMILES string of the molecule is COc1ccc(N2CCCN(c3ncnc4ccc(S(C)(=O)=O)cc34)CC2)cc1. The highest BCUT2D eigenvalue weighted by atomic mass is 32.2. The summed E-state index contributed by atoms with van der Waals surface area (Å²) >= 11 is 0. The van der Waals surface area contributed by atoms with E-state index in [4.69, 9.17) is 4.74 Å². The summed E-state index contributed by atoms with van der Waals surface area (Å²) in [5.74, 6) is 1.64. The topological polar surface area (TPSA) is 75.6 Å². The van der Waals surface area contributed by atoms with Crippen LogP contribution in [0.4, 0.5) is 11.5 Å². The highest BCUT2D eigenvalue weighted by Crippen LogP contribution is 2.27. The smallest absolute Gasteiger partial charge is 0.175 e. The Morgan fingerprint density at radius 3 is 2.38 bits per heavy atom. The van der Waals surface area contributed by atoms with Crippen molar-refractivity contribution < 1.29 is 13.2 Å². The lowest BCUT2D eigenvalue weighted by molar-refractivity contribution is 0.415. The van der Waals surface area contributed by atoms with E-state index in [-0.39, 0.29) is 4.90 Å². The minimum Gasteiger partial charge on any atom is -0.497 e. The van der Waals surface area contributed by atoms with Crippen LogP contribution in [-0.2, 0) is 9.84 Å². The van der Waals surface area contributed by atoms with E-state index < -0.39 is 9.84 Å². The Bertz CT molecular complexity index is 1120. The van der Waals surface area contributed by atoms with Crippen molar-refractivity contribution in [3.05, 3.63) is 48.8 Å². The van der Waals surface area contributed by atoms with Gasteiger partial charge in [0.2, 0.25) is 0 Å². The fraction of sp³-hybridized carbons (Fsp3) is 0.333. The van der Waals surface area contributed by atoms with Crippen LogP contribution in [0.2, 0.25) is 0 Å². The number of rotatable bonds is 4. The molecule has 29 heavy (non-hydrogen) atoms. The molecule has 0 spiro atoms. The van der Waals surface area contributed by atoms with Crippen LogP contribution in [0.25, 0.3) is 10.9 Å². The molecule has 0 aliphatic carbocycles. The summed E-state index contributed by atoms with van der Waals surface area (Å²) < 4.78 is 29.2. The van der Waals surface area contributed by atoms with Crippen molar-refractivity contribution in [3.8, 4) is 5.75 Å². The number of methoxy groups -OCH3 is 1. The molecule has 4 rings (SSSR count). The number of aromatic nitrogens is 2. The van der Waals surface area contributed by atoms with Crippen molar-refractivity contribution in [2.45, 2.75) is 11.3 Å². The zero-order chi connectivity index (χ0) is 20.4. The first-order chi connectivity index (χ1) is 14.0. The number of sulfone groups is 1. The zero-order valence-electron chi connectivity index (χ0n) is 16.6. The summed E-state index contributed by atoms with van der Waals surface area (Å²) in [7, 11) is -1.63. The molecule has 0 atom stereocenters. The number of benzene rings is 2. The Morgan fingerprint density at radius 1 is 0.931 bits per heavy atom. The largest absolute Gasteiger partial charge is 0.497 e. The Balaban J connectivity index is 1.61. The highest BCUT2D eigenvalue weighted by Gasteiger charge is 2.19. The molecule has 1 aromatic heterocycles. The van der Waals surface area contributed by atoms with Gasteiger partial charge in [-0.05, 0) is 48.9 Å². The van der Waals surface area contributed by atoms with Crippen LogP contribution in [-0.4, -0.2) is 57.9 Å². The van der Waals surface area contributed by atoms with Crippen molar-refractivity contribution in [3.63, 3.8) is 0 Å². The van der Waals surface area contributed by atoms with Gasteiger partial charge in [-0.2, -0.15) is 0 Å². The van der Waals surface area contributed by atoms with Gasteiger partial charge in [0, 0.05) is 43.5 Å². The molecular weight excluding hydrogens is 388 g/mol. The van der Waals surface area contributed by atoms with Crippen LogP contribution in [0.15, 0.2) is 53.7 Å². The van der Waals surface area contributed by atoms with Crippen molar-refractivity contribution in [1.29, 1.82) is 0 Å². The minimum atomic E-state index is -3.29. The first-order valence-electron chi connectivity index (χ1n) is 9.54. The molecule has 0 unspecified atom stereocenters. The Labute approximate surface area is 170 Å². The van der Waals surface area contributed by atoms with Gasteiger partial charge in [-0.15, -0.1) is 0 Å². The van der Waals surface area contributed by atoms with Crippen LogP contribution in [0.1, 0.15) is 6.42 Å². The van der Waals surface area contributed by atoms with Gasteiger partial charge >= 0.3 is 0 Å². The van der Waals surface area contributed by atoms with E-state index in [0.717, 1.165) is 55.1 Å². The summed E-state index contributed by atoms with van der Waals surface area (Å²) in [6, 6.07) is 13.1. The normalized spacial score (nSPS) is 15.4. The number of ether oxygens (including phenoxy) is 1. The van der Waals surface area contributed by atoms with Crippen LogP contribution in [0.5, 0.6) is 5.75 Å². The zero-order valence-corrected chi connectivity index (χ0v) is 17.4. The molecule has 152 valence electrons. The van der Waals surface area contributed by atoms with Crippen molar-refractivity contribution >= 4 is 32.2 Å². The Hall–Kier alpha value is -2.87. The molecule has 2 aromatic carbocycles. The predicted molar refractivity (Wildman–Crippen MR) is 115 cm³/mol. The quantitative estimate of drug-likeness (QED) is 0.652. The maximum atomic E-state index is 12.0. The van der Waals surface area contributed by atoms with Crippen LogP contribution in [0.3, 0.4) is 0 Å². The molecule has 2 heterocycles. The van der Waals surface area contributed by atoms with Crippen LogP contribution >= 0.6 is 0 Å². The van der Waals surface area contributed by atoms with E-state index in [1.165, 1.54) is 11.9 Å². The second kappa shape index (κ2) is 7.87. The van der Waals surface area contributed by atoms with Crippen molar-refractivity contribution in [2.24, 2.45) is 0 Å². The molecule has 0 N–H and O–H groups in total. The highest BCUT2D eigenvalue weighted by molar-refractivity contribution is 7.90.